The van der Waals surface area contributed by atoms with Gasteiger partial charge in [-0.1, -0.05) is 11.6 Å². The van der Waals surface area contributed by atoms with Crippen LogP contribution in [-0.4, -0.2) is 44.0 Å². The monoisotopic (exact) mass is 503 g/mol. The van der Waals surface area contributed by atoms with E-state index in [1.54, 1.807) is 24.9 Å². The van der Waals surface area contributed by atoms with E-state index < -0.39 is 24.0 Å². The summed E-state index contributed by atoms with van der Waals surface area (Å²) in [5.74, 6) is -3.91. The number of aromatic nitrogens is 3. The Morgan fingerprint density at radius 2 is 2.06 bits per heavy atom. The minimum Gasteiger partial charge on any atom is -0.476 e. The number of carbonyl (C=O) groups is 1. The summed E-state index contributed by atoms with van der Waals surface area (Å²) in [6.45, 7) is 5.69. The van der Waals surface area contributed by atoms with Crippen molar-refractivity contribution in [2.24, 2.45) is 5.92 Å². The maximum Gasteiger partial charge on any atom is 0.356 e. The third kappa shape index (κ3) is 3.89. The summed E-state index contributed by atoms with van der Waals surface area (Å²) in [5, 5.41) is 12.7. The number of hydrogen-bond donors (Lipinski definition) is 2. The van der Waals surface area contributed by atoms with E-state index in [2.05, 4.69) is 10.3 Å². The summed E-state index contributed by atoms with van der Waals surface area (Å²) in [6.07, 6.45) is 1.91. The molecule has 1 aliphatic heterocycles. The molecule has 0 radical (unpaired) electrons. The molecule has 0 amide bonds. The molecule has 1 saturated carbocycles. The van der Waals surface area contributed by atoms with E-state index in [-0.39, 0.29) is 40.3 Å². The van der Waals surface area contributed by atoms with Crippen molar-refractivity contribution in [3.05, 3.63) is 62.3 Å². The lowest BCUT2D eigenvalue weighted by atomic mass is 10.1. The van der Waals surface area contributed by atoms with Crippen LogP contribution in [0.4, 0.5) is 20.3 Å². The van der Waals surface area contributed by atoms with Crippen LogP contribution in [0.1, 0.15) is 53.0 Å². The molecule has 0 aromatic carbocycles. The first-order chi connectivity index (χ1) is 16.5. The Kier molecular flexibility index (Phi) is 5.47. The fourth-order valence-corrected chi connectivity index (χ4v) is 5.48. The molecule has 3 atom stereocenters. The SMILES string of the molecule is Cc1cc([C@@H](C)Nc2ccc(Cl)nc2C(=O)O)c2nc(N3CC4CC3C(F)(F)C4)c(C)c(=O)n2c1. The predicted molar refractivity (Wildman–Crippen MR) is 128 cm³/mol. The molecule has 2 N–H and O–H groups in total. The van der Waals surface area contributed by atoms with E-state index in [1.165, 1.54) is 16.5 Å². The van der Waals surface area contributed by atoms with Crippen molar-refractivity contribution in [2.75, 3.05) is 16.8 Å². The van der Waals surface area contributed by atoms with E-state index in [4.69, 9.17) is 16.6 Å². The first-order valence-electron chi connectivity index (χ1n) is 11.3. The highest BCUT2D eigenvalue weighted by Gasteiger charge is 2.57. The van der Waals surface area contributed by atoms with Crippen LogP contribution in [0.2, 0.25) is 5.15 Å². The minimum atomic E-state index is -2.82. The number of aryl methyl sites for hydroxylation is 1. The van der Waals surface area contributed by atoms with Crippen LogP contribution in [0.5, 0.6) is 0 Å². The molecule has 2 unspecified atom stereocenters. The molecule has 8 nitrogen and oxygen atoms in total. The van der Waals surface area contributed by atoms with Gasteiger partial charge in [0.1, 0.15) is 16.6 Å². The van der Waals surface area contributed by atoms with Gasteiger partial charge in [-0.25, -0.2) is 23.5 Å². The third-order valence-electron chi connectivity index (χ3n) is 6.90. The minimum absolute atomic E-state index is 0.0478. The molecule has 0 spiro atoms. The average Bonchev–Trinajstić information content (AvgIpc) is 3.33. The van der Waals surface area contributed by atoms with Gasteiger partial charge in [0.05, 0.1) is 23.3 Å². The van der Waals surface area contributed by atoms with Gasteiger partial charge < -0.3 is 15.3 Å². The number of anilines is 2. The summed E-state index contributed by atoms with van der Waals surface area (Å²) >= 11 is 5.86. The number of fused-ring (bicyclic) bond motifs is 3. The molecule has 2 aliphatic rings. The van der Waals surface area contributed by atoms with Crippen LogP contribution < -0.4 is 15.8 Å². The smallest absolute Gasteiger partial charge is 0.356 e. The van der Waals surface area contributed by atoms with E-state index in [0.717, 1.165) is 5.56 Å². The second-order valence-electron chi connectivity index (χ2n) is 9.47. The summed E-state index contributed by atoms with van der Waals surface area (Å²) in [5.41, 5.74) is 1.73. The normalized spacial score (nSPS) is 21.5. The summed E-state index contributed by atoms with van der Waals surface area (Å²) in [4.78, 5) is 35.2. The van der Waals surface area contributed by atoms with Crippen molar-refractivity contribution in [3.63, 3.8) is 0 Å². The molecule has 184 valence electrons. The van der Waals surface area contributed by atoms with Crippen LogP contribution >= 0.6 is 11.6 Å². The number of nitrogens with zero attached hydrogens (tertiary/aromatic N) is 4. The van der Waals surface area contributed by atoms with Crippen molar-refractivity contribution < 1.29 is 18.7 Å². The Morgan fingerprint density at radius 3 is 2.71 bits per heavy atom. The molecule has 2 bridgehead atoms. The zero-order valence-corrected chi connectivity index (χ0v) is 20.1. The number of aromatic carboxylic acids is 1. The number of nitrogens with one attached hydrogen (secondary N) is 1. The van der Waals surface area contributed by atoms with Gasteiger partial charge in [-0.15, -0.1) is 0 Å². The van der Waals surface area contributed by atoms with Gasteiger partial charge in [-0.3, -0.25) is 9.20 Å². The van der Waals surface area contributed by atoms with Crippen LogP contribution in [0.3, 0.4) is 0 Å². The highest BCUT2D eigenvalue weighted by Crippen LogP contribution is 2.49. The first kappa shape index (κ1) is 23.5. The van der Waals surface area contributed by atoms with Gasteiger partial charge in [0.15, 0.2) is 5.69 Å². The van der Waals surface area contributed by atoms with Crippen molar-refractivity contribution in [2.45, 2.75) is 51.6 Å². The number of carboxylic acid groups (broad SMARTS) is 1. The van der Waals surface area contributed by atoms with Crippen LogP contribution in [0.15, 0.2) is 29.2 Å². The van der Waals surface area contributed by atoms with E-state index in [1.807, 2.05) is 13.0 Å². The molecule has 2 fully saturated rings. The van der Waals surface area contributed by atoms with Crippen molar-refractivity contribution >= 4 is 34.7 Å². The molecule has 35 heavy (non-hydrogen) atoms. The topological polar surface area (TPSA) is 99.8 Å². The summed E-state index contributed by atoms with van der Waals surface area (Å²) < 4.78 is 30.5. The molecular formula is C24H24ClF2N5O3. The van der Waals surface area contributed by atoms with Gasteiger partial charge >= 0.3 is 5.97 Å². The maximum absolute atomic E-state index is 14.5. The van der Waals surface area contributed by atoms with Gasteiger partial charge in [-0.2, -0.15) is 0 Å². The number of rotatable bonds is 5. The first-order valence-corrected chi connectivity index (χ1v) is 11.7. The standard InChI is InChI=1S/C24H24ClF2N5O3/c1-11-6-15(13(3)28-16-4-5-18(25)29-19(16)23(34)35)21-30-20(12(2)22(33)32(21)9-11)31-10-14-7-17(31)24(26,27)8-14/h4-6,9,13-14,17,28H,7-8,10H2,1-3H3,(H,34,35)/t13-,14?,17?/m1/s1. The zero-order chi connectivity index (χ0) is 25.2. The molecule has 1 aliphatic carbocycles. The average molecular weight is 504 g/mol. The van der Waals surface area contributed by atoms with Gasteiger partial charge in [0.25, 0.3) is 11.5 Å². The Bertz CT molecular complexity index is 1430. The number of piperidine rings is 1. The lowest BCUT2D eigenvalue weighted by Gasteiger charge is -2.34. The second-order valence-corrected chi connectivity index (χ2v) is 9.86. The molecule has 3 aromatic rings. The highest BCUT2D eigenvalue weighted by molar-refractivity contribution is 6.29. The lowest BCUT2D eigenvalue weighted by molar-refractivity contribution is -0.0207. The summed E-state index contributed by atoms with van der Waals surface area (Å²) in [7, 11) is 0. The molecule has 11 heteroatoms. The number of pyridine rings is 2. The second kappa shape index (κ2) is 8.15. The van der Waals surface area contributed by atoms with Crippen LogP contribution in [-0.2, 0) is 0 Å². The Hall–Kier alpha value is -3.27. The van der Waals surface area contributed by atoms with Gasteiger partial charge in [0, 0.05) is 24.7 Å². The Balaban J connectivity index is 1.62. The predicted octanol–water partition coefficient (Wildman–Crippen LogP) is 4.46. The van der Waals surface area contributed by atoms with E-state index in [0.29, 0.717) is 29.7 Å². The molecule has 3 aromatic heterocycles. The fourth-order valence-electron chi connectivity index (χ4n) is 5.34. The molecule has 1 saturated heterocycles. The van der Waals surface area contributed by atoms with Crippen molar-refractivity contribution in [1.29, 1.82) is 0 Å². The number of carboxylic acids is 1. The Morgan fingerprint density at radius 1 is 1.31 bits per heavy atom. The lowest BCUT2D eigenvalue weighted by Crippen LogP contribution is -2.47. The zero-order valence-electron chi connectivity index (χ0n) is 19.3. The van der Waals surface area contributed by atoms with Crippen molar-refractivity contribution in [1.82, 2.24) is 14.4 Å². The van der Waals surface area contributed by atoms with Gasteiger partial charge in [-0.05, 0) is 56.9 Å². The van der Waals surface area contributed by atoms with Crippen LogP contribution in [0, 0.1) is 19.8 Å². The van der Waals surface area contributed by atoms with Crippen LogP contribution in [0.25, 0.3) is 5.65 Å². The fraction of sp³-hybridized carbons (Fsp3) is 0.417. The van der Waals surface area contributed by atoms with Crippen molar-refractivity contribution in [3.8, 4) is 0 Å². The molecule has 5 rings (SSSR count). The molecule has 4 heterocycles. The van der Waals surface area contributed by atoms with E-state index in [9.17, 15) is 23.5 Å². The Labute approximate surface area is 204 Å². The number of hydrogen-bond acceptors (Lipinski definition) is 6. The quantitative estimate of drug-likeness (QED) is 0.496. The number of halogens is 3. The summed E-state index contributed by atoms with van der Waals surface area (Å²) in [6, 6.07) is 3.37. The molecular weight excluding hydrogens is 480 g/mol. The largest absolute Gasteiger partial charge is 0.476 e. The van der Waals surface area contributed by atoms with Gasteiger partial charge in [0.2, 0.25) is 0 Å². The number of alkyl halides is 2. The maximum atomic E-state index is 14.5. The van der Waals surface area contributed by atoms with E-state index >= 15 is 0 Å². The highest BCUT2D eigenvalue weighted by atomic mass is 35.5. The third-order valence-corrected chi connectivity index (χ3v) is 7.11.